The summed E-state index contributed by atoms with van der Waals surface area (Å²) in [5, 5.41) is -0.209. The topological polar surface area (TPSA) is 73.6 Å². The summed E-state index contributed by atoms with van der Waals surface area (Å²) in [6.45, 7) is 0. The van der Waals surface area contributed by atoms with Crippen molar-refractivity contribution in [3.05, 3.63) is 18.6 Å². The first-order valence-electron chi connectivity index (χ1n) is 3.84. The maximum absolute atomic E-state index is 11.0. The standard InChI is InChI=1S/C7H6ClN3O3S/c1-14-6-3-11-4-7(15(8,12)13)10-5(11)2-9-6/h2-4H,1H3. The van der Waals surface area contributed by atoms with Gasteiger partial charge in [0, 0.05) is 16.9 Å². The Morgan fingerprint density at radius 3 is 2.80 bits per heavy atom. The molecule has 6 nitrogen and oxygen atoms in total. The highest BCUT2D eigenvalue weighted by molar-refractivity contribution is 8.13. The Kier molecular flexibility index (Phi) is 2.28. The van der Waals surface area contributed by atoms with E-state index >= 15 is 0 Å². The molecular weight excluding hydrogens is 242 g/mol. The Morgan fingerprint density at radius 2 is 2.20 bits per heavy atom. The van der Waals surface area contributed by atoms with Crippen LogP contribution >= 0.6 is 10.7 Å². The van der Waals surface area contributed by atoms with E-state index < -0.39 is 9.05 Å². The number of fused-ring (bicyclic) bond motifs is 1. The molecule has 0 aliphatic carbocycles. The van der Waals surface area contributed by atoms with E-state index in [9.17, 15) is 8.42 Å². The van der Waals surface area contributed by atoms with Gasteiger partial charge in [-0.2, -0.15) is 0 Å². The highest BCUT2D eigenvalue weighted by Gasteiger charge is 2.15. The van der Waals surface area contributed by atoms with Gasteiger partial charge in [-0.15, -0.1) is 0 Å². The van der Waals surface area contributed by atoms with Crippen molar-refractivity contribution in [2.75, 3.05) is 7.11 Å². The summed E-state index contributed by atoms with van der Waals surface area (Å²) in [5.41, 5.74) is 0.384. The molecule has 0 saturated heterocycles. The third-order valence-corrected chi connectivity index (χ3v) is 2.93. The summed E-state index contributed by atoms with van der Waals surface area (Å²) in [4.78, 5) is 7.66. The average molecular weight is 248 g/mol. The first-order valence-corrected chi connectivity index (χ1v) is 6.15. The summed E-state index contributed by atoms with van der Waals surface area (Å²) in [6.07, 6.45) is 4.19. The number of methoxy groups -OCH3 is 1. The van der Waals surface area contributed by atoms with Gasteiger partial charge in [0.2, 0.25) is 5.88 Å². The third kappa shape index (κ3) is 1.88. The minimum Gasteiger partial charge on any atom is -0.480 e. The first-order chi connectivity index (χ1) is 7.00. The summed E-state index contributed by atoms with van der Waals surface area (Å²) in [5.74, 6) is 0.360. The van der Waals surface area contributed by atoms with E-state index in [1.54, 1.807) is 0 Å². The molecule has 8 heteroatoms. The van der Waals surface area contributed by atoms with Crippen molar-refractivity contribution in [3.63, 3.8) is 0 Å². The summed E-state index contributed by atoms with van der Waals surface area (Å²) in [7, 11) is 2.80. The molecule has 0 saturated carbocycles. The molecule has 0 aliphatic rings. The van der Waals surface area contributed by atoms with Gasteiger partial charge in [0.25, 0.3) is 9.05 Å². The smallest absolute Gasteiger partial charge is 0.280 e. The van der Waals surface area contributed by atoms with Crippen LogP contribution in [-0.4, -0.2) is 29.9 Å². The molecule has 0 amide bonds. The molecule has 0 N–H and O–H groups in total. The molecule has 0 unspecified atom stereocenters. The number of nitrogens with zero attached hydrogens (tertiary/aromatic N) is 3. The second kappa shape index (κ2) is 3.35. The van der Waals surface area contributed by atoms with Crippen LogP contribution in [0.1, 0.15) is 0 Å². The normalized spacial score (nSPS) is 11.9. The fourth-order valence-corrected chi connectivity index (χ4v) is 1.75. The van der Waals surface area contributed by atoms with Crippen LogP contribution in [0.4, 0.5) is 0 Å². The number of hydrogen-bond donors (Lipinski definition) is 0. The molecule has 2 rings (SSSR count). The van der Waals surface area contributed by atoms with Gasteiger partial charge in [-0.3, -0.25) is 4.40 Å². The number of imidazole rings is 1. The first kappa shape index (κ1) is 10.2. The molecule has 0 atom stereocenters. The zero-order valence-corrected chi connectivity index (χ0v) is 9.16. The van der Waals surface area contributed by atoms with E-state index in [1.807, 2.05) is 0 Å². The van der Waals surface area contributed by atoms with Crippen molar-refractivity contribution < 1.29 is 13.2 Å². The van der Waals surface area contributed by atoms with Crippen LogP contribution in [0, 0.1) is 0 Å². The summed E-state index contributed by atoms with van der Waals surface area (Å²) in [6, 6.07) is 0. The number of aromatic nitrogens is 3. The lowest BCUT2D eigenvalue weighted by Gasteiger charge is -1.97. The number of halogens is 1. The summed E-state index contributed by atoms with van der Waals surface area (Å²) >= 11 is 0. The minimum atomic E-state index is -3.81. The SMILES string of the molecule is COc1cn2cc(S(=O)(=O)Cl)nc2cn1. The Bertz CT molecular complexity index is 607. The van der Waals surface area contributed by atoms with Crippen molar-refractivity contribution in [3.8, 4) is 5.88 Å². The fraction of sp³-hybridized carbons (Fsp3) is 0.143. The lowest BCUT2D eigenvalue weighted by atomic mass is 10.7. The molecule has 0 radical (unpaired) electrons. The van der Waals surface area contributed by atoms with Gasteiger partial charge in [-0.1, -0.05) is 0 Å². The lowest BCUT2D eigenvalue weighted by Crippen LogP contribution is -1.90. The molecule has 0 spiro atoms. The Hall–Kier alpha value is -1.34. The molecule has 2 aromatic heterocycles. The molecule has 0 aliphatic heterocycles. The Morgan fingerprint density at radius 1 is 1.47 bits per heavy atom. The number of rotatable bonds is 2. The minimum absolute atomic E-state index is 0.209. The third-order valence-electron chi connectivity index (χ3n) is 1.75. The van der Waals surface area contributed by atoms with Crippen molar-refractivity contribution in [2.45, 2.75) is 5.03 Å². The van der Waals surface area contributed by atoms with Crippen LogP contribution in [0.25, 0.3) is 5.65 Å². The van der Waals surface area contributed by atoms with Crippen molar-refractivity contribution in [1.29, 1.82) is 0 Å². The van der Waals surface area contributed by atoms with E-state index in [0.29, 0.717) is 11.5 Å². The van der Waals surface area contributed by atoms with E-state index in [2.05, 4.69) is 9.97 Å². The zero-order valence-electron chi connectivity index (χ0n) is 7.58. The van der Waals surface area contributed by atoms with Gasteiger partial charge < -0.3 is 4.74 Å². The van der Waals surface area contributed by atoms with E-state index in [0.717, 1.165) is 0 Å². The van der Waals surface area contributed by atoms with E-state index in [1.165, 1.54) is 30.1 Å². The van der Waals surface area contributed by atoms with Crippen LogP contribution in [0.5, 0.6) is 5.88 Å². The molecular formula is C7H6ClN3O3S. The van der Waals surface area contributed by atoms with Crippen LogP contribution in [0.2, 0.25) is 0 Å². The highest BCUT2D eigenvalue weighted by atomic mass is 35.7. The van der Waals surface area contributed by atoms with Crippen molar-refractivity contribution in [1.82, 2.24) is 14.4 Å². The second-order valence-electron chi connectivity index (χ2n) is 2.71. The maximum atomic E-state index is 11.0. The highest BCUT2D eigenvalue weighted by Crippen LogP contribution is 2.16. The molecule has 15 heavy (non-hydrogen) atoms. The predicted octanol–water partition coefficient (Wildman–Crippen LogP) is 0.665. The number of ether oxygens (including phenoxy) is 1. The van der Waals surface area contributed by atoms with Gasteiger partial charge in [-0.25, -0.2) is 18.4 Å². The van der Waals surface area contributed by atoms with Gasteiger partial charge in [-0.05, 0) is 0 Å². The predicted molar refractivity (Wildman–Crippen MR) is 52.6 cm³/mol. The van der Waals surface area contributed by atoms with Gasteiger partial charge >= 0.3 is 0 Å². The van der Waals surface area contributed by atoms with E-state index in [-0.39, 0.29) is 5.03 Å². The molecule has 0 bridgehead atoms. The van der Waals surface area contributed by atoms with Crippen LogP contribution in [0.3, 0.4) is 0 Å². The van der Waals surface area contributed by atoms with Crippen LogP contribution in [0.15, 0.2) is 23.6 Å². The molecule has 2 heterocycles. The average Bonchev–Trinajstić information content (AvgIpc) is 2.59. The van der Waals surface area contributed by atoms with Crippen LogP contribution in [-0.2, 0) is 9.05 Å². The molecule has 0 aromatic carbocycles. The lowest BCUT2D eigenvalue weighted by molar-refractivity contribution is 0.395. The van der Waals surface area contributed by atoms with Gasteiger partial charge in [0.05, 0.1) is 19.5 Å². The molecule has 0 fully saturated rings. The van der Waals surface area contributed by atoms with E-state index in [4.69, 9.17) is 15.4 Å². The number of hydrogen-bond acceptors (Lipinski definition) is 5. The quantitative estimate of drug-likeness (QED) is 0.729. The molecule has 80 valence electrons. The maximum Gasteiger partial charge on any atom is 0.280 e. The monoisotopic (exact) mass is 247 g/mol. The van der Waals surface area contributed by atoms with Gasteiger partial charge in [0.1, 0.15) is 0 Å². The largest absolute Gasteiger partial charge is 0.480 e. The zero-order chi connectivity index (χ0) is 11.1. The Balaban J connectivity index is 2.66. The second-order valence-corrected chi connectivity index (χ2v) is 5.22. The molecule has 2 aromatic rings. The van der Waals surface area contributed by atoms with Crippen molar-refractivity contribution in [2.24, 2.45) is 0 Å². The summed E-state index contributed by atoms with van der Waals surface area (Å²) < 4.78 is 28.3. The van der Waals surface area contributed by atoms with Gasteiger partial charge in [0.15, 0.2) is 10.7 Å². The van der Waals surface area contributed by atoms with Crippen LogP contribution < -0.4 is 4.74 Å². The van der Waals surface area contributed by atoms with Crippen molar-refractivity contribution >= 4 is 25.4 Å². The fourth-order valence-electron chi connectivity index (χ4n) is 1.08. The Labute approximate surface area is 89.9 Å².